The van der Waals surface area contributed by atoms with E-state index < -0.39 is 20.5 Å². The zero-order valence-corrected chi connectivity index (χ0v) is 20.8. The van der Waals surface area contributed by atoms with Crippen LogP contribution in [0.1, 0.15) is 22.3 Å². The van der Waals surface area contributed by atoms with Crippen LogP contribution in [0.5, 0.6) is 0 Å². The first-order valence-electron chi connectivity index (χ1n) is 9.61. The van der Waals surface area contributed by atoms with Gasteiger partial charge in [-0.15, -0.1) is 0 Å². The Morgan fingerprint density at radius 1 is 0.667 bits per heavy atom. The van der Waals surface area contributed by atoms with Gasteiger partial charge in [0.2, 0.25) is 11.8 Å². The van der Waals surface area contributed by atoms with E-state index >= 15 is 0 Å². The monoisotopic (exact) mass is 633 g/mol. The Balaban J connectivity index is 1.66. The fourth-order valence-electron chi connectivity index (χ4n) is 5.51. The summed E-state index contributed by atoms with van der Waals surface area (Å²) in [6, 6.07) is 23.8. The zero-order valence-electron chi connectivity index (χ0n) is 15.5. The summed E-state index contributed by atoms with van der Waals surface area (Å²) >= 11 is 10.3. The summed E-state index contributed by atoms with van der Waals surface area (Å²) < 4.78 is -0.433. The molecule has 3 aliphatic carbocycles. The van der Waals surface area contributed by atoms with Crippen molar-refractivity contribution < 1.29 is 9.59 Å². The van der Waals surface area contributed by atoms with E-state index in [2.05, 4.69) is 78.7 Å². The highest BCUT2D eigenvalue weighted by Crippen LogP contribution is 2.70. The van der Waals surface area contributed by atoms with Gasteiger partial charge >= 0.3 is 0 Å². The first kappa shape index (κ1) is 19.2. The molecule has 0 aromatic heterocycles. The molecule has 3 aromatic carbocycles. The van der Waals surface area contributed by atoms with Crippen molar-refractivity contribution in [2.24, 2.45) is 11.8 Å². The van der Waals surface area contributed by atoms with Crippen molar-refractivity contribution in [3.05, 3.63) is 98.6 Å². The summed E-state index contributed by atoms with van der Waals surface area (Å²) in [6.45, 7) is 0. The average molecular weight is 635 g/mol. The molecular formula is C24H14Br2INO2. The van der Waals surface area contributed by atoms with E-state index in [1.54, 1.807) is 0 Å². The van der Waals surface area contributed by atoms with Crippen LogP contribution in [0, 0.1) is 15.4 Å². The van der Waals surface area contributed by atoms with Crippen LogP contribution in [0.4, 0.5) is 5.69 Å². The number of imide groups is 1. The van der Waals surface area contributed by atoms with E-state index in [-0.39, 0.29) is 11.8 Å². The second kappa shape index (κ2) is 6.26. The SMILES string of the molecule is O=C1[C@@H]2[C@@H](C(=O)N1c1ccc(I)cc1)C1(Br)c3ccccc3C2(Br)c2ccccc21. The lowest BCUT2D eigenvalue weighted by Crippen LogP contribution is -2.56. The highest BCUT2D eigenvalue weighted by Gasteiger charge is 2.72. The molecule has 2 bridgehead atoms. The minimum absolute atomic E-state index is 0.157. The molecular weight excluding hydrogens is 621 g/mol. The molecule has 0 radical (unpaired) electrons. The van der Waals surface area contributed by atoms with Gasteiger partial charge in [-0.3, -0.25) is 9.59 Å². The molecule has 0 spiro atoms. The number of hydrogen-bond acceptors (Lipinski definition) is 2. The van der Waals surface area contributed by atoms with Gasteiger partial charge in [0.05, 0.1) is 26.2 Å². The van der Waals surface area contributed by atoms with Crippen LogP contribution in [0.25, 0.3) is 0 Å². The van der Waals surface area contributed by atoms with Gasteiger partial charge in [-0.2, -0.15) is 0 Å². The van der Waals surface area contributed by atoms with Crippen LogP contribution in [0.3, 0.4) is 0 Å². The van der Waals surface area contributed by atoms with Crippen molar-refractivity contribution in [2.45, 2.75) is 8.65 Å². The number of alkyl halides is 2. The third-order valence-electron chi connectivity index (χ3n) is 6.67. The molecule has 148 valence electrons. The van der Waals surface area contributed by atoms with E-state index in [4.69, 9.17) is 0 Å². The normalized spacial score (nSPS) is 30.8. The number of amides is 2. The van der Waals surface area contributed by atoms with Crippen LogP contribution >= 0.6 is 54.5 Å². The number of carbonyl (C=O) groups excluding carboxylic acids is 2. The number of anilines is 1. The van der Waals surface area contributed by atoms with Crippen LogP contribution in [0.2, 0.25) is 0 Å². The lowest BCUT2D eigenvalue weighted by molar-refractivity contribution is -0.122. The van der Waals surface area contributed by atoms with Crippen molar-refractivity contribution in [3.63, 3.8) is 0 Å². The smallest absolute Gasteiger partial charge is 0.239 e. The molecule has 0 unspecified atom stereocenters. The molecule has 7 rings (SSSR count). The van der Waals surface area contributed by atoms with Gasteiger partial charge in [0.25, 0.3) is 0 Å². The molecule has 0 N–H and O–H groups in total. The van der Waals surface area contributed by atoms with Gasteiger partial charge in [-0.25, -0.2) is 4.90 Å². The van der Waals surface area contributed by atoms with Crippen molar-refractivity contribution in [3.8, 4) is 0 Å². The molecule has 2 amide bonds. The molecule has 3 aromatic rings. The second-order valence-corrected chi connectivity index (χ2v) is 11.7. The summed E-state index contributed by atoms with van der Waals surface area (Å²) in [5, 5.41) is 0. The highest BCUT2D eigenvalue weighted by atomic mass is 127. The summed E-state index contributed by atoms with van der Waals surface area (Å²) in [4.78, 5) is 29.1. The maximum Gasteiger partial charge on any atom is 0.239 e. The van der Waals surface area contributed by atoms with Gasteiger partial charge in [0.15, 0.2) is 0 Å². The summed E-state index contributed by atoms with van der Waals surface area (Å²) in [6.07, 6.45) is 0. The Labute approximate surface area is 204 Å². The third kappa shape index (κ3) is 2.10. The topological polar surface area (TPSA) is 37.4 Å². The Morgan fingerprint density at radius 3 is 1.40 bits per heavy atom. The second-order valence-electron chi connectivity index (χ2n) is 7.96. The molecule has 3 nitrogen and oxygen atoms in total. The standard InChI is InChI=1S/C24H14Br2INO2/c25-23-15-5-1-2-6-16(15)24(26,18-8-4-3-7-17(18)23)20-19(23)21(29)28(22(20)30)14-11-9-13(27)10-12-14/h1-12,19-20H/t19-,20-,23?,24?/m0/s1. The molecule has 6 heteroatoms. The summed E-state index contributed by atoms with van der Waals surface area (Å²) in [7, 11) is 0. The Morgan fingerprint density at radius 2 is 1.03 bits per heavy atom. The third-order valence-corrected chi connectivity index (χ3v) is 10.1. The minimum Gasteiger partial charge on any atom is -0.274 e. The number of halogens is 3. The van der Waals surface area contributed by atoms with E-state index in [9.17, 15) is 9.59 Å². The molecule has 2 atom stereocenters. The number of rotatable bonds is 1. The lowest BCUT2D eigenvalue weighted by atomic mass is 9.54. The van der Waals surface area contributed by atoms with Crippen molar-refractivity contribution in [1.29, 1.82) is 0 Å². The van der Waals surface area contributed by atoms with Gasteiger partial charge in [-0.1, -0.05) is 80.4 Å². The Kier molecular flexibility index (Phi) is 4.01. The summed E-state index contributed by atoms with van der Waals surface area (Å²) in [5.41, 5.74) is 4.82. The molecule has 1 saturated heterocycles. The highest BCUT2D eigenvalue weighted by molar-refractivity contribution is 14.1. The van der Waals surface area contributed by atoms with Gasteiger partial charge in [0, 0.05) is 3.57 Å². The van der Waals surface area contributed by atoms with E-state index in [1.807, 2.05) is 48.5 Å². The number of benzene rings is 3. The predicted octanol–water partition coefficient (Wildman–Crippen LogP) is 5.70. The fraction of sp³-hybridized carbons (Fsp3) is 0.167. The maximum atomic E-state index is 13.8. The van der Waals surface area contributed by atoms with Crippen LogP contribution in [-0.2, 0) is 18.2 Å². The van der Waals surface area contributed by atoms with Gasteiger partial charge in [0.1, 0.15) is 0 Å². The first-order valence-corrected chi connectivity index (χ1v) is 12.3. The zero-order chi connectivity index (χ0) is 20.8. The van der Waals surface area contributed by atoms with Gasteiger partial charge in [-0.05, 0) is 69.1 Å². The largest absolute Gasteiger partial charge is 0.274 e. The predicted molar refractivity (Wildman–Crippen MR) is 131 cm³/mol. The fourth-order valence-corrected chi connectivity index (χ4v) is 8.17. The van der Waals surface area contributed by atoms with Crippen molar-refractivity contribution in [1.82, 2.24) is 0 Å². The van der Waals surface area contributed by atoms with Crippen LogP contribution in [0.15, 0.2) is 72.8 Å². The van der Waals surface area contributed by atoms with Crippen molar-refractivity contribution in [2.75, 3.05) is 4.90 Å². The first-order chi connectivity index (χ1) is 14.4. The maximum absolute atomic E-state index is 13.8. The van der Waals surface area contributed by atoms with Crippen molar-refractivity contribution >= 4 is 72.0 Å². The number of hydrogen-bond donors (Lipinski definition) is 0. The molecule has 0 saturated carbocycles. The quantitative estimate of drug-likeness (QED) is 0.196. The van der Waals surface area contributed by atoms with Crippen LogP contribution in [-0.4, -0.2) is 11.8 Å². The number of nitrogens with zero attached hydrogens (tertiary/aromatic N) is 1. The minimum atomic E-state index is -0.745. The van der Waals surface area contributed by atoms with E-state index in [0.29, 0.717) is 5.69 Å². The van der Waals surface area contributed by atoms with E-state index in [1.165, 1.54) is 4.90 Å². The Hall–Kier alpha value is -1.51. The molecule has 4 aliphatic rings. The molecule has 1 heterocycles. The van der Waals surface area contributed by atoms with E-state index in [0.717, 1.165) is 25.8 Å². The molecule has 1 aliphatic heterocycles. The van der Waals surface area contributed by atoms with Gasteiger partial charge < -0.3 is 0 Å². The number of carbonyl (C=O) groups is 2. The summed E-state index contributed by atoms with van der Waals surface area (Å²) in [5.74, 6) is -1.38. The average Bonchev–Trinajstić information content (AvgIpc) is 3.04. The molecule has 30 heavy (non-hydrogen) atoms. The lowest BCUT2D eigenvalue weighted by Gasteiger charge is -2.55. The Bertz CT molecular complexity index is 1130. The molecule has 1 fully saturated rings. The van der Waals surface area contributed by atoms with Crippen LogP contribution < -0.4 is 4.90 Å².